The molecule has 0 spiro atoms. The first-order valence-corrected chi connectivity index (χ1v) is 9.64. The van der Waals surface area contributed by atoms with Gasteiger partial charge < -0.3 is 21.1 Å². The lowest BCUT2D eigenvalue weighted by Crippen LogP contribution is -2.34. The zero-order valence-electron chi connectivity index (χ0n) is 16.7. The van der Waals surface area contributed by atoms with Gasteiger partial charge in [-0.2, -0.15) is 0 Å². The maximum atomic E-state index is 12.8. The van der Waals surface area contributed by atoms with Crippen LogP contribution in [0.15, 0.2) is 36.4 Å². The fraction of sp³-hybridized carbons (Fsp3) is 0.318. The number of nitrogens with two attached hydrogens (primary N) is 1. The van der Waals surface area contributed by atoms with Gasteiger partial charge in [-0.05, 0) is 68.7 Å². The van der Waals surface area contributed by atoms with Gasteiger partial charge in [0.1, 0.15) is 11.6 Å². The minimum absolute atomic E-state index is 0.0244. The molecular formula is C22H26N4O3. The smallest absolute Gasteiger partial charge is 0.254 e. The summed E-state index contributed by atoms with van der Waals surface area (Å²) in [6.45, 7) is 4.69. The maximum absolute atomic E-state index is 12.8. The van der Waals surface area contributed by atoms with Crippen LogP contribution >= 0.6 is 0 Å². The standard InChI is InChI=1S/C22H26N4O3/c1-13-10-17(6-7-18(13)22(29)26-9-3-4-14(26)2)25-20(28)12-16-11-15(21(23)24)5-8-19(16)27/h5-8,10-11,14,27H,3-4,9,12H2,1-2H3,(H3,23,24)(H,25,28). The van der Waals surface area contributed by atoms with Gasteiger partial charge in [-0.1, -0.05) is 0 Å². The molecular weight excluding hydrogens is 368 g/mol. The highest BCUT2D eigenvalue weighted by Crippen LogP contribution is 2.24. The monoisotopic (exact) mass is 394 g/mol. The molecule has 2 aromatic rings. The molecule has 1 heterocycles. The van der Waals surface area contributed by atoms with Gasteiger partial charge in [-0.25, -0.2) is 0 Å². The number of hydrogen-bond acceptors (Lipinski definition) is 4. The normalized spacial score (nSPS) is 15.9. The Labute approximate surface area is 170 Å². The fourth-order valence-corrected chi connectivity index (χ4v) is 3.64. The Morgan fingerprint density at radius 2 is 2.03 bits per heavy atom. The number of phenols is 1. The molecule has 2 amide bonds. The minimum Gasteiger partial charge on any atom is -0.508 e. The highest BCUT2D eigenvalue weighted by atomic mass is 16.3. The molecule has 1 saturated heterocycles. The van der Waals surface area contributed by atoms with E-state index in [1.54, 1.807) is 18.2 Å². The van der Waals surface area contributed by atoms with Crippen molar-refractivity contribution in [2.75, 3.05) is 11.9 Å². The molecule has 0 saturated carbocycles. The molecule has 29 heavy (non-hydrogen) atoms. The van der Waals surface area contributed by atoms with E-state index < -0.39 is 0 Å². The summed E-state index contributed by atoms with van der Waals surface area (Å²) in [4.78, 5) is 27.1. The summed E-state index contributed by atoms with van der Waals surface area (Å²) in [6.07, 6.45) is 1.99. The van der Waals surface area contributed by atoms with E-state index >= 15 is 0 Å². The second kappa shape index (κ2) is 8.34. The molecule has 3 rings (SSSR count). The SMILES string of the molecule is Cc1cc(NC(=O)Cc2cc(C(=N)N)ccc2O)ccc1C(=O)N1CCCC1C. The van der Waals surface area contributed by atoms with Crippen molar-refractivity contribution in [3.8, 4) is 5.75 Å². The van der Waals surface area contributed by atoms with Crippen molar-refractivity contribution >= 4 is 23.3 Å². The molecule has 7 heteroatoms. The lowest BCUT2D eigenvalue weighted by Gasteiger charge is -2.22. The van der Waals surface area contributed by atoms with Crippen molar-refractivity contribution < 1.29 is 14.7 Å². The third-order valence-corrected chi connectivity index (χ3v) is 5.30. The molecule has 2 aromatic carbocycles. The minimum atomic E-state index is -0.312. The number of amidine groups is 1. The number of phenolic OH excluding ortho intramolecular Hbond substituents is 1. The van der Waals surface area contributed by atoms with Gasteiger partial charge >= 0.3 is 0 Å². The topological polar surface area (TPSA) is 120 Å². The van der Waals surface area contributed by atoms with Gasteiger partial charge in [0.15, 0.2) is 0 Å². The number of likely N-dealkylation sites (tertiary alicyclic amines) is 1. The van der Waals surface area contributed by atoms with E-state index in [4.69, 9.17) is 11.1 Å². The number of hydrogen-bond donors (Lipinski definition) is 4. The van der Waals surface area contributed by atoms with Crippen molar-refractivity contribution in [1.82, 2.24) is 4.90 Å². The predicted octanol–water partition coefficient (Wildman–Crippen LogP) is 2.79. The quantitative estimate of drug-likeness (QED) is 0.460. The number of aryl methyl sites for hydroxylation is 1. The van der Waals surface area contributed by atoms with Crippen molar-refractivity contribution in [3.05, 3.63) is 58.7 Å². The molecule has 1 atom stereocenters. The Morgan fingerprint density at radius 1 is 1.28 bits per heavy atom. The number of benzene rings is 2. The second-order valence-corrected chi connectivity index (χ2v) is 7.50. The number of carbonyl (C=O) groups is 2. The van der Waals surface area contributed by atoms with Crippen LogP contribution in [0.4, 0.5) is 5.69 Å². The zero-order valence-corrected chi connectivity index (χ0v) is 16.7. The van der Waals surface area contributed by atoms with Crippen LogP contribution < -0.4 is 11.1 Å². The van der Waals surface area contributed by atoms with Crippen molar-refractivity contribution in [1.29, 1.82) is 5.41 Å². The van der Waals surface area contributed by atoms with E-state index in [-0.39, 0.29) is 35.9 Å². The average molecular weight is 394 g/mol. The number of nitrogens with zero attached hydrogens (tertiary/aromatic N) is 1. The molecule has 1 aliphatic rings. The highest BCUT2D eigenvalue weighted by Gasteiger charge is 2.26. The highest BCUT2D eigenvalue weighted by molar-refractivity contribution is 5.98. The van der Waals surface area contributed by atoms with Crippen LogP contribution in [0.3, 0.4) is 0 Å². The first-order valence-electron chi connectivity index (χ1n) is 9.64. The zero-order chi connectivity index (χ0) is 21.1. The molecule has 0 bridgehead atoms. The molecule has 0 aromatic heterocycles. The third-order valence-electron chi connectivity index (χ3n) is 5.30. The molecule has 1 unspecified atom stereocenters. The Hall–Kier alpha value is -3.35. The molecule has 7 nitrogen and oxygen atoms in total. The number of amides is 2. The van der Waals surface area contributed by atoms with Gasteiger partial charge in [0, 0.05) is 35.0 Å². The van der Waals surface area contributed by atoms with Crippen LogP contribution in [-0.4, -0.2) is 40.2 Å². The van der Waals surface area contributed by atoms with Crippen LogP contribution in [0.5, 0.6) is 5.75 Å². The van der Waals surface area contributed by atoms with E-state index in [0.717, 1.165) is 24.9 Å². The number of anilines is 1. The summed E-state index contributed by atoms with van der Waals surface area (Å²) in [6, 6.07) is 9.96. The summed E-state index contributed by atoms with van der Waals surface area (Å²) >= 11 is 0. The Morgan fingerprint density at radius 3 is 2.66 bits per heavy atom. The summed E-state index contributed by atoms with van der Waals surface area (Å²) < 4.78 is 0. The lowest BCUT2D eigenvalue weighted by atomic mass is 10.0. The van der Waals surface area contributed by atoms with Gasteiger partial charge in [0.05, 0.1) is 6.42 Å². The molecule has 5 N–H and O–H groups in total. The first kappa shape index (κ1) is 20.4. The molecule has 1 aliphatic heterocycles. The van der Waals surface area contributed by atoms with E-state index in [1.165, 1.54) is 18.2 Å². The number of nitrogen functional groups attached to an aromatic ring is 1. The van der Waals surface area contributed by atoms with E-state index in [2.05, 4.69) is 12.2 Å². The van der Waals surface area contributed by atoms with Gasteiger partial charge in [-0.3, -0.25) is 15.0 Å². The van der Waals surface area contributed by atoms with Crippen molar-refractivity contribution in [2.45, 2.75) is 39.2 Å². The summed E-state index contributed by atoms with van der Waals surface area (Å²) in [5.41, 5.74) is 8.33. The average Bonchev–Trinajstić information content (AvgIpc) is 3.09. The second-order valence-electron chi connectivity index (χ2n) is 7.50. The summed E-state index contributed by atoms with van der Waals surface area (Å²) in [5.74, 6) is -0.444. The van der Waals surface area contributed by atoms with Gasteiger partial charge in [0.25, 0.3) is 5.91 Å². The molecule has 152 valence electrons. The van der Waals surface area contributed by atoms with Gasteiger partial charge in [0.2, 0.25) is 5.91 Å². The number of carbonyl (C=O) groups excluding carboxylic acids is 2. The van der Waals surface area contributed by atoms with Crippen LogP contribution in [0.25, 0.3) is 0 Å². The summed E-state index contributed by atoms with van der Waals surface area (Å²) in [5, 5.41) is 20.2. The van der Waals surface area contributed by atoms with Crippen LogP contribution in [0.2, 0.25) is 0 Å². The predicted molar refractivity (Wildman–Crippen MR) is 112 cm³/mol. The molecule has 0 radical (unpaired) electrons. The number of aromatic hydroxyl groups is 1. The van der Waals surface area contributed by atoms with E-state index in [9.17, 15) is 14.7 Å². The molecule has 1 fully saturated rings. The Bertz CT molecular complexity index is 971. The van der Waals surface area contributed by atoms with E-state index in [0.29, 0.717) is 22.4 Å². The fourth-order valence-electron chi connectivity index (χ4n) is 3.64. The summed E-state index contributed by atoms with van der Waals surface area (Å²) in [7, 11) is 0. The number of nitrogens with one attached hydrogen (secondary N) is 2. The number of rotatable bonds is 5. The third kappa shape index (κ3) is 4.56. The van der Waals surface area contributed by atoms with Gasteiger partial charge in [-0.15, -0.1) is 0 Å². The Kier molecular flexibility index (Phi) is 5.87. The van der Waals surface area contributed by atoms with Crippen molar-refractivity contribution in [3.63, 3.8) is 0 Å². The lowest BCUT2D eigenvalue weighted by molar-refractivity contribution is -0.115. The van der Waals surface area contributed by atoms with Crippen LogP contribution in [-0.2, 0) is 11.2 Å². The Balaban J connectivity index is 1.70. The maximum Gasteiger partial charge on any atom is 0.254 e. The first-order chi connectivity index (χ1) is 13.8. The largest absolute Gasteiger partial charge is 0.508 e. The van der Waals surface area contributed by atoms with E-state index in [1.807, 2.05) is 11.8 Å². The van der Waals surface area contributed by atoms with Crippen LogP contribution in [0.1, 0.15) is 46.8 Å². The van der Waals surface area contributed by atoms with Crippen molar-refractivity contribution in [2.24, 2.45) is 5.73 Å². The van der Waals surface area contributed by atoms with Crippen LogP contribution in [0, 0.1) is 12.3 Å². The molecule has 0 aliphatic carbocycles.